The first-order valence-corrected chi connectivity index (χ1v) is 11.1. The first-order valence-electron chi connectivity index (χ1n) is 11.1. The SMILES string of the molecule is CCOc1ccccc1-n1c(-c2ccccc2)cc(C(=O)N2CCC(C(N)=O)CC2)c1C. The van der Waals surface area contributed by atoms with Crippen molar-refractivity contribution < 1.29 is 14.3 Å². The van der Waals surface area contributed by atoms with Crippen LogP contribution in [-0.4, -0.2) is 41.0 Å². The van der Waals surface area contributed by atoms with Gasteiger partial charge in [0.1, 0.15) is 5.75 Å². The maximum Gasteiger partial charge on any atom is 0.255 e. The van der Waals surface area contributed by atoms with Gasteiger partial charge in [0.2, 0.25) is 5.91 Å². The second-order valence-electron chi connectivity index (χ2n) is 8.10. The lowest BCUT2D eigenvalue weighted by Gasteiger charge is -2.30. The van der Waals surface area contributed by atoms with Gasteiger partial charge in [-0.25, -0.2) is 0 Å². The van der Waals surface area contributed by atoms with Gasteiger partial charge >= 0.3 is 0 Å². The number of carbonyl (C=O) groups is 2. The van der Waals surface area contributed by atoms with E-state index < -0.39 is 0 Å². The lowest BCUT2D eigenvalue weighted by Crippen LogP contribution is -2.41. The van der Waals surface area contributed by atoms with Crippen molar-refractivity contribution in [1.82, 2.24) is 9.47 Å². The van der Waals surface area contributed by atoms with Gasteiger partial charge in [-0.05, 0) is 50.5 Å². The summed E-state index contributed by atoms with van der Waals surface area (Å²) in [5.41, 5.74) is 9.83. The number of carbonyl (C=O) groups excluding carboxylic acids is 2. The van der Waals surface area contributed by atoms with E-state index in [0.717, 1.165) is 28.4 Å². The quantitative estimate of drug-likeness (QED) is 0.636. The largest absolute Gasteiger partial charge is 0.492 e. The molecule has 0 atom stereocenters. The van der Waals surface area contributed by atoms with Crippen molar-refractivity contribution in [2.75, 3.05) is 19.7 Å². The van der Waals surface area contributed by atoms with Crippen LogP contribution < -0.4 is 10.5 Å². The van der Waals surface area contributed by atoms with E-state index in [1.165, 1.54) is 0 Å². The fourth-order valence-electron chi connectivity index (χ4n) is 4.41. The summed E-state index contributed by atoms with van der Waals surface area (Å²) >= 11 is 0. The normalized spacial score (nSPS) is 14.4. The van der Waals surface area contributed by atoms with E-state index in [-0.39, 0.29) is 17.7 Å². The van der Waals surface area contributed by atoms with Crippen LogP contribution in [0.1, 0.15) is 35.8 Å². The van der Waals surface area contributed by atoms with Gasteiger partial charge in [-0.2, -0.15) is 0 Å². The van der Waals surface area contributed by atoms with Crippen molar-refractivity contribution in [2.24, 2.45) is 11.7 Å². The third-order valence-corrected chi connectivity index (χ3v) is 6.14. The first-order chi connectivity index (χ1) is 15.5. The summed E-state index contributed by atoms with van der Waals surface area (Å²) in [4.78, 5) is 26.8. The van der Waals surface area contributed by atoms with Gasteiger partial charge in [0.05, 0.1) is 23.6 Å². The summed E-state index contributed by atoms with van der Waals surface area (Å²) in [5, 5.41) is 0. The fourth-order valence-corrected chi connectivity index (χ4v) is 4.41. The second-order valence-corrected chi connectivity index (χ2v) is 8.10. The lowest BCUT2D eigenvalue weighted by molar-refractivity contribution is -0.123. The van der Waals surface area contributed by atoms with Gasteiger partial charge in [-0.15, -0.1) is 0 Å². The molecule has 1 aliphatic rings. The monoisotopic (exact) mass is 431 g/mol. The number of likely N-dealkylation sites (tertiary alicyclic amines) is 1. The topological polar surface area (TPSA) is 77.6 Å². The Morgan fingerprint density at radius 1 is 1.03 bits per heavy atom. The number of primary amides is 1. The summed E-state index contributed by atoms with van der Waals surface area (Å²) in [5.74, 6) is 0.323. The molecule has 32 heavy (non-hydrogen) atoms. The Balaban J connectivity index is 1.78. The van der Waals surface area contributed by atoms with Gasteiger partial charge in [0.25, 0.3) is 5.91 Å². The zero-order chi connectivity index (χ0) is 22.7. The Hall–Kier alpha value is -3.54. The van der Waals surface area contributed by atoms with Crippen LogP contribution in [0.4, 0.5) is 0 Å². The standard InChI is InChI=1S/C26H29N3O3/c1-3-32-24-12-8-7-11-22(24)29-18(2)21(17-23(29)19-9-5-4-6-10-19)26(31)28-15-13-20(14-16-28)25(27)30/h4-12,17,20H,3,13-16H2,1-2H3,(H2,27,30). The summed E-state index contributed by atoms with van der Waals surface area (Å²) in [6.45, 7) is 5.56. The average Bonchev–Trinajstić information content (AvgIpc) is 3.16. The molecular formula is C26H29N3O3. The van der Waals surface area contributed by atoms with Crippen LogP contribution in [0.2, 0.25) is 0 Å². The first kappa shape index (κ1) is 21.7. The zero-order valence-corrected chi connectivity index (χ0v) is 18.6. The maximum atomic E-state index is 13.5. The highest BCUT2D eigenvalue weighted by Gasteiger charge is 2.29. The van der Waals surface area contributed by atoms with Crippen LogP contribution >= 0.6 is 0 Å². The zero-order valence-electron chi connectivity index (χ0n) is 18.6. The Labute approximate surface area is 188 Å². The number of benzene rings is 2. The van der Waals surface area contributed by atoms with E-state index in [1.807, 2.05) is 79.4 Å². The van der Waals surface area contributed by atoms with Gasteiger partial charge in [0, 0.05) is 24.7 Å². The van der Waals surface area contributed by atoms with Crippen molar-refractivity contribution in [2.45, 2.75) is 26.7 Å². The Morgan fingerprint density at radius 3 is 2.34 bits per heavy atom. The van der Waals surface area contributed by atoms with Crippen LogP contribution in [0.15, 0.2) is 60.7 Å². The molecule has 2 aromatic carbocycles. The third kappa shape index (κ3) is 4.13. The molecule has 4 rings (SSSR count). The molecule has 6 nitrogen and oxygen atoms in total. The molecule has 2 amide bonds. The summed E-state index contributed by atoms with van der Waals surface area (Å²) in [7, 11) is 0. The minimum atomic E-state index is -0.279. The molecule has 166 valence electrons. The molecule has 0 radical (unpaired) electrons. The number of amides is 2. The molecule has 2 heterocycles. The van der Waals surface area contributed by atoms with Crippen molar-refractivity contribution in [1.29, 1.82) is 0 Å². The number of piperidine rings is 1. The molecule has 1 fully saturated rings. The summed E-state index contributed by atoms with van der Waals surface area (Å²) < 4.78 is 8.00. The smallest absolute Gasteiger partial charge is 0.255 e. The molecule has 1 aliphatic heterocycles. The number of aromatic nitrogens is 1. The van der Waals surface area contributed by atoms with Crippen molar-refractivity contribution in [3.8, 4) is 22.7 Å². The minimum absolute atomic E-state index is 0.0183. The van der Waals surface area contributed by atoms with Gasteiger partial charge in [-0.3, -0.25) is 9.59 Å². The molecule has 0 bridgehead atoms. The van der Waals surface area contributed by atoms with Crippen LogP contribution in [-0.2, 0) is 4.79 Å². The van der Waals surface area contributed by atoms with Gasteiger partial charge < -0.3 is 19.9 Å². The van der Waals surface area contributed by atoms with E-state index in [1.54, 1.807) is 0 Å². The molecule has 0 saturated carbocycles. The molecule has 6 heteroatoms. The number of para-hydroxylation sites is 2. The molecular weight excluding hydrogens is 402 g/mol. The van der Waals surface area contributed by atoms with E-state index in [4.69, 9.17) is 10.5 Å². The lowest BCUT2D eigenvalue weighted by atomic mass is 9.96. The van der Waals surface area contributed by atoms with Crippen LogP contribution in [0.25, 0.3) is 16.9 Å². The third-order valence-electron chi connectivity index (χ3n) is 6.14. The van der Waals surface area contributed by atoms with Crippen LogP contribution in [0, 0.1) is 12.8 Å². The van der Waals surface area contributed by atoms with Crippen molar-refractivity contribution >= 4 is 11.8 Å². The fraction of sp³-hybridized carbons (Fsp3) is 0.308. The highest BCUT2D eigenvalue weighted by molar-refractivity contribution is 5.97. The Bertz CT molecular complexity index is 1110. The molecule has 0 unspecified atom stereocenters. The molecule has 1 saturated heterocycles. The minimum Gasteiger partial charge on any atom is -0.492 e. The van der Waals surface area contributed by atoms with Gasteiger partial charge in [0.15, 0.2) is 0 Å². The van der Waals surface area contributed by atoms with Crippen molar-refractivity contribution in [3.05, 3.63) is 71.9 Å². The summed E-state index contributed by atoms with van der Waals surface area (Å²) in [6, 6.07) is 19.9. The van der Waals surface area contributed by atoms with Crippen LogP contribution in [0.3, 0.4) is 0 Å². The molecule has 1 aromatic heterocycles. The number of nitrogens with zero attached hydrogens (tertiary/aromatic N) is 2. The Kier molecular flexibility index (Phi) is 6.30. The molecule has 0 aliphatic carbocycles. The molecule has 3 aromatic rings. The predicted octanol–water partition coefficient (Wildman–Crippen LogP) is 4.19. The van der Waals surface area contributed by atoms with Crippen molar-refractivity contribution in [3.63, 3.8) is 0 Å². The average molecular weight is 432 g/mol. The molecule has 0 spiro atoms. The highest BCUT2D eigenvalue weighted by atomic mass is 16.5. The summed E-state index contributed by atoms with van der Waals surface area (Å²) in [6.07, 6.45) is 1.22. The van der Waals surface area contributed by atoms with E-state index >= 15 is 0 Å². The van der Waals surface area contributed by atoms with E-state index in [2.05, 4.69) is 4.57 Å². The number of hydrogen-bond acceptors (Lipinski definition) is 3. The Morgan fingerprint density at radius 2 is 1.69 bits per heavy atom. The number of hydrogen-bond donors (Lipinski definition) is 1. The second kappa shape index (κ2) is 9.30. The maximum absolute atomic E-state index is 13.5. The highest BCUT2D eigenvalue weighted by Crippen LogP contribution is 2.34. The number of rotatable bonds is 6. The van der Waals surface area contributed by atoms with E-state index in [9.17, 15) is 9.59 Å². The predicted molar refractivity (Wildman–Crippen MR) is 125 cm³/mol. The molecule has 2 N–H and O–H groups in total. The van der Waals surface area contributed by atoms with Gasteiger partial charge in [-0.1, -0.05) is 42.5 Å². The number of nitrogens with two attached hydrogens (primary N) is 1. The number of ether oxygens (including phenoxy) is 1. The van der Waals surface area contributed by atoms with E-state index in [0.29, 0.717) is 38.1 Å². The van der Waals surface area contributed by atoms with Crippen LogP contribution in [0.5, 0.6) is 5.75 Å².